The Bertz CT molecular complexity index is 847. The topological polar surface area (TPSA) is 87.7 Å². The lowest BCUT2D eigenvalue weighted by atomic mass is 9.51. The first-order chi connectivity index (χ1) is 15.6. The second kappa shape index (κ2) is 10.5. The van der Waals surface area contributed by atoms with E-state index in [0.29, 0.717) is 5.56 Å². The van der Waals surface area contributed by atoms with E-state index < -0.39 is 23.7 Å². The highest BCUT2D eigenvalue weighted by Crippen LogP contribution is 2.55. The third-order valence-electron chi connectivity index (χ3n) is 7.95. The number of carbonyl (C=O) groups is 2. The molecule has 33 heavy (non-hydrogen) atoms. The highest BCUT2D eigenvalue weighted by atomic mass is 19.1. The van der Waals surface area contributed by atoms with Gasteiger partial charge in [0.05, 0.1) is 6.10 Å². The predicted octanol–water partition coefficient (Wildman–Crippen LogP) is 3.17. The van der Waals surface area contributed by atoms with Crippen molar-refractivity contribution in [1.29, 1.82) is 0 Å². The molecule has 0 unspecified atom stereocenters. The molecule has 0 bridgehead atoms. The van der Waals surface area contributed by atoms with Crippen molar-refractivity contribution < 1.29 is 28.2 Å². The van der Waals surface area contributed by atoms with Crippen LogP contribution in [-0.4, -0.2) is 42.8 Å². The molecule has 7 atom stereocenters. The van der Waals surface area contributed by atoms with E-state index in [1.54, 1.807) is 6.92 Å². The molecule has 0 heterocycles. The summed E-state index contributed by atoms with van der Waals surface area (Å²) in [7, 11) is 1.48. The number of benzene rings is 1. The van der Waals surface area contributed by atoms with Gasteiger partial charge in [-0.3, -0.25) is 9.59 Å². The van der Waals surface area contributed by atoms with Gasteiger partial charge >= 0.3 is 0 Å². The van der Waals surface area contributed by atoms with Crippen LogP contribution in [0.15, 0.2) is 18.2 Å². The number of nitrogens with one attached hydrogen (secondary N) is 2. The molecule has 2 fully saturated rings. The van der Waals surface area contributed by atoms with Crippen LogP contribution in [0, 0.1) is 40.7 Å². The number of aliphatic hydroxyl groups is 1. The number of hydrogen-bond donors (Lipinski definition) is 3. The number of fused-ring (bicyclic) bond motifs is 1. The first-order valence-electron chi connectivity index (χ1n) is 11.7. The zero-order chi connectivity index (χ0) is 24.3. The fraction of sp³-hybridized carbons (Fsp3) is 0.680. The molecule has 2 aliphatic rings. The second-order valence-corrected chi connectivity index (χ2v) is 10.2. The monoisotopic (exact) mass is 466 g/mol. The van der Waals surface area contributed by atoms with Gasteiger partial charge in [-0.25, -0.2) is 8.78 Å². The number of aliphatic hydroxyl groups excluding tert-OH is 1. The van der Waals surface area contributed by atoms with Gasteiger partial charge in [0, 0.05) is 31.7 Å². The van der Waals surface area contributed by atoms with Crippen molar-refractivity contribution in [2.45, 2.75) is 65.1 Å². The Hall–Kier alpha value is -2.06. The zero-order valence-corrected chi connectivity index (χ0v) is 19.9. The van der Waals surface area contributed by atoms with Crippen LogP contribution in [0.25, 0.3) is 0 Å². The first kappa shape index (κ1) is 25.6. The van der Waals surface area contributed by atoms with E-state index in [1.165, 1.54) is 19.2 Å². The molecular formula is C25H36F2N2O4. The molecular weight excluding hydrogens is 430 g/mol. The number of amides is 2. The van der Waals surface area contributed by atoms with Crippen molar-refractivity contribution >= 4 is 11.8 Å². The summed E-state index contributed by atoms with van der Waals surface area (Å²) >= 11 is 0. The highest BCUT2D eigenvalue weighted by Gasteiger charge is 2.53. The maximum absolute atomic E-state index is 13.4. The molecule has 3 rings (SSSR count). The standard InChI is InChI=1S/C25H36F2N2O4/c1-14(24(32)28-12-16-9-17(26)11-18(27)10-16)19-5-7-25(3)8-6-20(29-21(30)13-33-4)15(2)22(25)23(19)31/h9-11,14-15,19-20,22-23,31H,5-8,12-13H2,1-4H3,(H,28,32)(H,29,30)/t14-,15-,19+,20-,22+,23-,25+/m0/s1. The smallest absolute Gasteiger partial charge is 0.246 e. The van der Waals surface area contributed by atoms with E-state index in [0.717, 1.165) is 31.7 Å². The molecule has 0 spiro atoms. The molecule has 1 aromatic carbocycles. The fourth-order valence-electron chi connectivity index (χ4n) is 6.13. The van der Waals surface area contributed by atoms with Crippen LogP contribution in [-0.2, 0) is 20.9 Å². The van der Waals surface area contributed by atoms with Gasteiger partial charge < -0.3 is 20.5 Å². The molecule has 2 aliphatic carbocycles. The van der Waals surface area contributed by atoms with Crippen LogP contribution in [0.2, 0.25) is 0 Å². The van der Waals surface area contributed by atoms with Crippen LogP contribution in [0.5, 0.6) is 0 Å². The summed E-state index contributed by atoms with van der Waals surface area (Å²) in [6.07, 6.45) is 2.68. The van der Waals surface area contributed by atoms with Gasteiger partial charge in [-0.15, -0.1) is 0 Å². The maximum Gasteiger partial charge on any atom is 0.246 e. The average Bonchev–Trinajstić information content (AvgIpc) is 2.73. The van der Waals surface area contributed by atoms with Crippen molar-refractivity contribution in [1.82, 2.24) is 10.6 Å². The Balaban J connectivity index is 1.66. The Morgan fingerprint density at radius 2 is 1.85 bits per heavy atom. The third-order valence-corrected chi connectivity index (χ3v) is 7.95. The zero-order valence-electron chi connectivity index (χ0n) is 19.9. The number of ether oxygens (including phenoxy) is 1. The summed E-state index contributed by atoms with van der Waals surface area (Å²) in [6, 6.07) is 3.12. The molecule has 1 aromatic rings. The predicted molar refractivity (Wildman–Crippen MR) is 120 cm³/mol. The SMILES string of the molecule is COCC(=O)N[C@H]1CC[C@@]2(C)CC[C@H]([C@H](C)C(=O)NCc3cc(F)cc(F)c3)[C@H](O)[C@H]2[C@H]1C. The quantitative estimate of drug-likeness (QED) is 0.576. The molecule has 0 aliphatic heterocycles. The van der Waals surface area contributed by atoms with E-state index in [4.69, 9.17) is 4.74 Å². The van der Waals surface area contributed by atoms with Crippen LogP contribution in [0.1, 0.15) is 52.0 Å². The van der Waals surface area contributed by atoms with Gasteiger partial charge in [0.25, 0.3) is 0 Å². The molecule has 2 saturated carbocycles. The van der Waals surface area contributed by atoms with Crippen molar-refractivity contribution in [3.63, 3.8) is 0 Å². The van der Waals surface area contributed by atoms with Crippen molar-refractivity contribution in [3.8, 4) is 0 Å². The molecule has 0 radical (unpaired) electrons. The van der Waals surface area contributed by atoms with Gasteiger partial charge in [-0.05, 0) is 66.5 Å². The van der Waals surface area contributed by atoms with E-state index in [9.17, 15) is 23.5 Å². The van der Waals surface area contributed by atoms with Gasteiger partial charge in [-0.1, -0.05) is 20.8 Å². The minimum atomic E-state index is -0.687. The lowest BCUT2D eigenvalue weighted by Crippen LogP contribution is -2.58. The Labute approximate surface area is 194 Å². The summed E-state index contributed by atoms with van der Waals surface area (Å²) in [5.41, 5.74) is 0.299. The van der Waals surface area contributed by atoms with Crippen LogP contribution >= 0.6 is 0 Å². The summed E-state index contributed by atoms with van der Waals surface area (Å²) in [4.78, 5) is 24.9. The summed E-state index contributed by atoms with van der Waals surface area (Å²) in [6.45, 7) is 6.08. The van der Waals surface area contributed by atoms with Gasteiger partial charge in [0.2, 0.25) is 11.8 Å². The minimum absolute atomic E-state index is 0.00273. The molecule has 2 amide bonds. The number of hydrogen-bond acceptors (Lipinski definition) is 4. The Morgan fingerprint density at radius 3 is 2.48 bits per heavy atom. The van der Waals surface area contributed by atoms with Gasteiger partial charge in [0.15, 0.2) is 0 Å². The summed E-state index contributed by atoms with van der Waals surface area (Å²) in [5.74, 6) is -2.48. The third kappa shape index (κ3) is 5.72. The van der Waals surface area contributed by atoms with Crippen molar-refractivity contribution in [2.24, 2.45) is 29.1 Å². The van der Waals surface area contributed by atoms with E-state index in [1.807, 2.05) is 0 Å². The fourth-order valence-corrected chi connectivity index (χ4v) is 6.13. The van der Waals surface area contributed by atoms with Crippen LogP contribution < -0.4 is 10.6 Å². The van der Waals surface area contributed by atoms with Gasteiger partial charge in [-0.2, -0.15) is 0 Å². The molecule has 8 heteroatoms. The summed E-state index contributed by atoms with van der Waals surface area (Å²) < 4.78 is 31.8. The van der Waals surface area contributed by atoms with E-state index >= 15 is 0 Å². The second-order valence-electron chi connectivity index (χ2n) is 10.2. The maximum atomic E-state index is 13.4. The highest BCUT2D eigenvalue weighted by molar-refractivity contribution is 5.78. The first-order valence-corrected chi connectivity index (χ1v) is 11.7. The minimum Gasteiger partial charge on any atom is -0.392 e. The van der Waals surface area contributed by atoms with Gasteiger partial charge in [0.1, 0.15) is 18.2 Å². The molecule has 0 aromatic heterocycles. The lowest BCUT2D eigenvalue weighted by molar-refractivity contribution is -0.144. The largest absolute Gasteiger partial charge is 0.392 e. The van der Waals surface area contributed by atoms with Crippen LogP contribution in [0.4, 0.5) is 8.78 Å². The Kier molecular flexibility index (Phi) is 8.11. The normalized spacial score (nSPS) is 32.5. The number of halogens is 2. The lowest BCUT2D eigenvalue weighted by Gasteiger charge is -2.56. The number of rotatable bonds is 7. The van der Waals surface area contributed by atoms with Crippen molar-refractivity contribution in [2.75, 3.05) is 13.7 Å². The van der Waals surface area contributed by atoms with Crippen LogP contribution in [0.3, 0.4) is 0 Å². The molecule has 0 saturated heterocycles. The molecule has 3 N–H and O–H groups in total. The van der Waals surface area contributed by atoms with Crippen molar-refractivity contribution in [3.05, 3.63) is 35.4 Å². The summed E-state index contributed by atoms with van der Waals surface area (Å²) in [5, 5.41) is 17.2. The van der Waals surface area contributed by atoms with E-state index in [-0.39, 0.29) is 54.2 Å². The Morgan fingerprint density at radius 1 is 1.21 bits per heavy atom. The van der Waals surface area contributed by atoms with E-state index in [2.05, 4.69) is 24.5 Å². The average molecular weight is 467 g/mol. The number of methoxy groups -OCH3 is 1. The molecule has 6 nitrogen and oxygen atoms in total. The molecule has 184 valence electrons. The number of carbonyl (C=O) groups excluding carboxylic acids is 2.